The smallest absolute Gasteiger partial charge is 0.0723 e. The fraction of sp³-hybridized carbons (Fsp3) is 0.357. The molecule has 2 aromatic rings. The minimum atomic E-state index is -0.0936. The first kappa shape index (κ1) is 11.9. The number of aromatic nitrogens is 2. The average Bonchev–Trinajstić information content (AvgIpc) is 2.77. The van der Waals surface area contributed by atoms with Crippen LogP contribution in [0.1, 0.15) is 36.2 Å². The predicted octanol–water partition coefficient (Wildman–Crippen LogP) is 2.65. The number of hydrogen-bond acceptors (Lipinski definition) is 2. The molecular formula is C14H19N3. The van der Waals surface area contributed by atoms with E-state index in [9.17, 15) is 0 Å². The van der Waals surface area contributed by atoms with E-state index in [4.69, 9.17) is 5.73 Å². The van der Waals surface area contributed by atoms with Crippen molar-refractivity contribution in [1.29, 1.82) is 0 Å². The van der Waals surface area contributed by atoms with Crippen LogP contribution < -0.4 is 5.73 Å². The van der Waals surface area contributed by atoms with Gasteiger partial charge in [0.1, 0.15) is 0 Å². The molecule has 3 heteroatoms. The zero-order valence-electron chi connectivity index (χ0n) is 10.4. The second-order valence-electron chi connectivity index (χ2n) is 4.37. The van der Waals surface area contributed by atoms with Crippen molar-refractivity contribution in [1.82, 2.24) is 9.78 Å². The van der Waals surface area contributed by atoms with Crippen LogP contribution in [0.4, 0.5) is 0 Å². The zero-order valence-corrected chi connectivity index (χ0v) is 10.4. The fourth-order valence-electron chi connectivity index (χ4n) is 2.04. The molecule has 90 valence electrons. The molecule has 0 fully saturated rings. The summed E-state index contributed by atoms with van der Waals surface area (Å²) >= 11 is 0. The Morgan fingerprint density at radius 2 is 2.18 bits per heavy atom. The summed E-state index contributed by atoms with van der Waals surface area (Å²) in [7, 11) is 0. The monoisotopic (exact) mass is 229 g/mol. The molecule has 0 saturated heterocycles. The van der Waals surface area contributed by atoms with Crippen LogP contribution in [0.2, 0.25) is 0 Å². The Kier molecular flexibility index (Phi) is 3.59. The standard InChI is InChI=1S/C14H19N3/c1-3-9-17-13(7-8-16-17)14(15)12-6-4-5-11(2)10-12/h4-8,10,14H,3,9,15H2,1-2H3. The second kappa shape index (κ2) is 5.15. The SMILES string of the molecule is CCCn1nccc1C(N)c1cccc(C)c1. The Hall–Kier alpha value is -1.61. The van der Waals surface area contributed by atoms with Gasteiger partial charge in [0, 0.05) is 12.7 Å². The molecule has 0 aliphatic rings. The van der Waals surface area contributed by atoms with Gasteiger partial charge >= 0.3 is 0 Å². The van der Waals surface area contributed by atoms with Crippen molar-refractivity contribution < 1.29 is 0 Å². The molecule has 1 unspecified atom stereocenters. The van der Waals surface area contributed by atoms with E-state index in [-0.39, 0.29) is 6.04 Å². The topological polar surface area (TPSA) is 43.8 Å². The largest absolute Gasteiger partial charge is 0.319 e. The Morgan fingerprint density at radius 1 is 1.35 bits per heavy atom. The van der Waals surface area contributed by atoms with Crippen LogP contribution in [0.3, 0.4) is 0 Å². The summed E-state index contributed by atoms with van der Waals surface area (Å²) in [5.74, 6) is 0. The minimum Gasteiger partial charge on any atom is -0.319 e. The number of benzene rings is 1. The normalized spacial score (nSPS) is 12.6. The van der Waals surface area contributed by atoms with Crippen molar-refractivity contribution >= 4 is 0 Å². The van der Waals surface area contributed by atoms with Crippen LogP contribution in [0, 0.1) is 6.92 Å². The van der Waals surface area contributed by atoms with Crippen molar-refractivity contribution in [2.24, 2.45) is 5.73 Å². The van der Waals surface area contributed by atoms with Crippen molar-refractivity contribution in [3.05, 3.63) is 53.3 Å². The predicted molar refractivity (Wildman–Crippen MR) is 69.7 cm³/mol. The van der Waals surface area contributed by atoms with Gasteiger partial charge in [-0.15, -0.1) is 0 Å². The molecule has 1 atom stereocenters. The van der Waals surface area contributed by atoms with E-state index in [0.717, 1.165) is 24.2 Å². The summed E-state index contributed by atoms with van der Waals surface area (Å²) < 4.78 is 1.99. The molecule has 1 aromatic carbocycles. The molecule has 0 aliphatic carbocycles. The number of aryl methyl sites for hydroxylation is 2. The van der Waals surface area contributed by atoms with Gasteiger partial charge in [-0.1, -0.05) is 36.8 Å². The molecular weight excluding hydrogens is 210 g/mol. The molecule has 2 rings (SSSR count). The lowest BCUT2D eigenvalue weighted by atomic mass is 10.0. The van der Waals surface area contributed by atoms with Gasteiger partial charge in [-0.2, -0.15) is 5.10 Å². The number of nitrogens with zero attached hydrogens (tertiary/aromatic N) is 2. The van der Waals surface area contributed by atoms with Crippen LogP contribution in [0.25, 0.3) is 0 Å². The van der Waals surface area contributed by atoms with Gasteiger partial charge in [0.05, 0.1) is 11.7 Å². The molecule has 0 radical (unpaired) electrons. The van der Waals surface area contributed by atoms with E-state index in [1.54, 1.807) is 0 Å². The quantitative estimate of drug-likeness (QED) is 0.876. The van der Waals surface area contributed by atoms with Gasteiger partial charge in [0.15, 0.2) is 0 Å². The Labute approximate surface area is 102 Å². The summed E-state index contributed by atoms with van der Waals surface area (Å²) in [6, 6.07) is 10.2. The van der Waals surface area contributed by atoms with E-state index in [1.807, 2.05) is 23.0 Å². The van der Waals surface area contributed by atoms with Crippen LogP contribution >= 0.6 is 0 Å². The lowest BCUT2D eigenvalue weighted by Crippen LogP contribution is -2.17. The molecule has 1 aromatic heterocycles. The van der Waals surface area contributed by atoms with Gasteiger partial charge < -0.3 is 5.73 Å². The van der Waals surface area contributed by atoms with Gasteiger partial charge in [-0.3, -0.25) is 4.68 Å². The molecule has 0 aliphatic heterocycles. The summed E-state index contributed by atoms with van der Waals surface area (Å²) in [4.78, 5) is 0. The lowest BCUT2D eigenvalue weighted by Gasteiger charge is -2.14. The Morgan fingerprint density at radius 3 is 2.88 bits per heavy atom. The maximum atomic E-state index is 6.30. The fourth-order valence-corrected chi connectivity index (χ4v) is 2.04. The average molecular weight is 229 g/mol. The van der Waals surface area contributed by atoms with Crippen molar-refractivity contribution in [3.63, 3.8) is 0 Å². The van der Waals surface area contributed by atoms with Crippen molar-refractivity contribution in [2.45, 2.75) is 32.9 Å². The van der Waals surface area contributed by atoms with E-state index >= 15 is 0 Å². The highest BCUT2D eigenvalue weighted by atomic mass is 15.3. The summed E-state index contributed by atoms with van der Waals surface area (Å²) in [6.07, 6.45) is 2.88. The third kappa shape index (κ3) is 2.56. The number of rotatable bonds is 4. The third-order valence-corrected chi connectivity index (χ3v) is 2.90. The third-order valence-electron chi connectivity index (χ3n) is 2.90. The highest BCUT2D eigenvalue weighted by molar-refractivity contribution is 5.30. The first-order valence-electron chi connectivity index (χ1n) is 6.06. The molecule has 0 bridgehead atoms. The molecule has 2 N–H and O–H groups in total. The maximum absolute atomic E-state index is 6.30. The molecule has 0 saturated carbocycles. The van der Waals surface area contributed by atoms with Crippen molar-refractivity contribution in [2.75, 3.05) is 0 Å². The summed E-state index contributed by atoms with van der Waals surface area (Å²) in [5, 5.41) is 4.31. The molecule has 0 spiro atoms. The van der Waals surface area contributed by atoms with Crippen LogP contribution in [0.5, 0.6) is 0 Å². The van der Waals surface area contributed by atoms with E-state index in [2.05, 4.69) is 37.1 Å². The molecule has 0 amide bonds. The first-order chi connectivity index (χ1) is 8.22. The maximum Gasteiger partial charge on any atom is 0.0723 e. The Balaban J connectivity index is 2.30. The number of hydrogen-bond donors (Lipinski definition) is 1. The summed E-state index contributed by atoms with van der Waals surface area (Å²) in [6.45, 7) is 5.14. The van der Waals surface area contributed by atoms with E-state index < -0.39 is 0 Å². The highest BCUT2D eigenvalue weighted by Crippen LogP contribution is 2.20. The Bertz CT molecular complexity index is 488. The van der Waals surface area contributed by atoms with Crippen LogP contribution in [0.15, 0.2) is 36.5 Å². The molecule has 3 nitrogen and oxygen atoms in total. The molecule has 17 heavy (non-hydrogen) atoms. The van der Waals surface area contributed by atoms with Crippen LogP contribution in [-0.4, -0.2) is 9.78 Å². The van der Waals surface area contributed by atoms with E-state index in [0.29, 0.717) is 0 Å². The van der Waals surface area contributed by atoms with Crippen LogP contribution in [-0.2, 0) is 6.54 Å². The van der Waals surface area contributed by atoms with E-state index in [1.165, 1.54) is 5.56 Å². The minimum absolute atomic E-state index is 0.0936. The zero-order chi connectivity index (χ0) is 12.3. The molecule has 1 heterocycles. The lowest BCUT2D eigenvalue weighted by molar-refractivity contribution is 0.559. The number of nitrogens with two attached hydrogens (primary N) is 1. The van der Waals surface area contributed by atoms with Gasteiger partial charge in [0.25, 0.3) is 0 Å². The van der Waals surface area contributed by atoms with Crippen molar-refractivity contribution in [3.8, 4) is 0 Å². The highest BCUT2D eigenvalue weighted by Gasteiger charge is 2.13. The van der Waals surface area contributed by atoms with Gasteiger partial charge in [-0.05, 0) is 25.0 Å². The second-order valence-corrected chi connectivity index (χ2v) is 4.37. The van der Waals surface area contributed by atoms with Gasteiger partial charge in [0.2, 0.25) is 0 Å². The van der Waals surface area contributed by atoms with Gasteiger partial charge in [-0.25, -0.2) is 0 Å². The summed E-state index contributed by atoms with van der Waals surface area (Å²) in [5.41, 5.74) is 9.76. The first-order valence-corrected chi connectivity index (χ1v) is 6.06.